The molecule has 0 saturated heterocycles. The number of methoxy groups -OCH3 is 1. The number of hydrogen-bond donors (Lipinski definition) is 3. The van der Waals surface area contributed by atoms with E-state index >= 15 is 0 Å². The lowest BCUT2D eigenvalue weighted by atomic mass is 10.1. The van der Waals surface area contributed by atoms with E-state index in [2.05, 4.69) is 10.6 Å². The summed E-state index contributed by atoms with van der Waals surface area (Å²) in [4.78, 5) is 25.6. The SMILES string of the molecule is COc1ccccc1C=C(NC(=O)c1ccccc1)C(=O)Nc1ccc(S(N)(=O)=O)cc1. The second-order valence-corrected chi connectivity index (χ2v) is 8.21. The molecule has 0 unspecified atom stereocenters. The third-order valence-electron chi connectivity index (χ3n) is 4.41. The summed E-state index contributed by atoms with van der Waals surface area (Å²) in [6.45, 7) is 0. The highest BCUT2D eigenvalue weighted by molar-refractivity contribution is 7.89. The first-order chi connectivity index (χ1) is 15.3. The second-order valence-electron chi connectivity index (χ2n) is 6.64. The van der Waals surface area contributed by atoms with Gasteiger partial charge in [-0.1, -0.05) is 36.4 Å². The van der Waals surface area contributed by atoms with Gasteiger partial charge in [0.25, 0.3) is 11.8 Å². The quantitative estimate of drug-likeness (QED) is 0.476. The van der Waals surface area contributed by atoms with Gasteiger partial charge < -0.3 is 15.4 Å². The van der Waals surface area contributed by atoms with Gasteiger partial charge in [-0.3, -0.25) is 9.59 Å². The number of primary sulfonamides is 1. The first kappa shape index (κ1) is 22.7. The maximum Gasteiger partial charge on any atom is 0.272 e. The summed E-state index contributed by atoms with van der Waals surface area (Å²) < 4.78 is 28.2. The molecule has 8 nitrogen and oxygen atoms in total. The molecule has 0 spiro atoms. The first-order valence-corrected chi connectivity index (χ1v) is 11.0. The van der Waals surface area contributed by atoms with Crippen molar-refractivity contribution in [1.82, 2.24) is 5.32 Å². The molecule has 3 aromatic carbocycles. The van der Waals surface area contributed by atoms with E-state index in [1.54, 1.807) is 54.6 Å². The molecule has 0 aromatic heterocycles. The Balaban J connectivity index is 1.91. The largest absolute Gasteiger partial charge is 0.496 e. The average Bonchev–Trinajstić information content (AvgIpc) is 2.79. The summed E-state index contributed by atoms with van der Waals surface area (Å²) in [5, 5.41) is 10.4. The molecule has 164 valence electrons. The highest BCUT2D eigenvalue weighted by Crippen LogP contribution is 2.21. The predicted octanol–water partition coefficient (Wildman–Crippen LogP) is 2.75. The van der Waals surface area contributed by atoms with Crippen molar-refractivity contribution in [3.63, 3.8) is 0 Å². The number of benzene rings is 3. The normalized spacial score (nSPS) is 11.5. The van der Waals surface area contributed by atoms with Crippen molar-refractivity contribution in [1.29, 1.82) is 0 Å². The summed E-state index contributed by atoms with van der Waals surface area (Å²) in [6.07, 6.45) is 1.49. The minimum absolute atomic E-state index is 0.0288. The van der Waals surface area contributed by atoms with E-state index in [-0.39, 0.29) is 10.6 Å². The van der Waals surface area contributed by atoms with Crippen LogP contribution in [0.4, 0.5) is 5.69 Å². The van der Waals surface area contributed by atoms with Gasteiger partial charge in [-0.05, 0) is 48.5 Å². The number of carbonyl (C=O) groups is 2. The first-order valence-electron chi connectivity index (χ1n) is 9.43. The van der Waals surface area contributed by atoms with Crippen LogP contribution in [-0.2, 0) is 14.8 Å². The van der Waals surface area contributed by atoms with Crippen molar-refractivity contribution in [3.8, 4) is 5.75 Å². The molecule has 0 fully saturated rings. The molecule has 3 rings (SSSR count). The third-order valence-corrected chi connectivity index (χ3v) is 5.34. The molecule has 4 N–H and O–H groups in total. The van der Waals surface area contributed by atoms with Crippen LogP contribution >= 0.6 is 0 Å². The summed E-state index contributed by atoms with van der Waals surface area (Å²) in [6, 6.07) is 20.8. The van der Waals surface area contributed by atoms with Gasteiger partial charge >= 0.3 is 0 Å². The monoisotopic (exact) mass is 451 g/mol. The number of amides is 2. The number of rotatable bonds is 7. The van der Waals surface area contributed by atoms with Crippen LogP contribution in [0.2, 0.25) is 0 Å². The molecule has 0 bridgehead atoms. The second kappa shape index (κ2) is 9.90. The van der Waals surface area contributed by atoms with Crippen molar-refractivity contribution < 1.29 is 22.7 Å². The fraction of sp³-hybridized carbons (Fsp3) is 0.0435. The van der Waals surface area contributed by atoms with Gasteiger partial charge in [0.1, 0.15) is 11.4 Å². The fourth-order valence-electron chi connectivity index (χ4n) is 2.81. The molecule has 0 saturated carbocycles. The molecule has 3 aromatic rings. The molecule has 0 heterocycles. The smallest absolute Gasteiger partial charge is 0.272 e. The van der Waals surface area contributed by atoms with Crippen LogP contribution in [0.3, 0.4) is 0 Å². The molecule has 0 aliphatic carbocycles. The van der Waals surface area contributed by atoms with Crippen molar-refractivity contribution in [2.45, 2.75) is 4.90 Å². The molecule has 9 heteroatoms. The third kappa shape index (κ3) is 5.81. The Hall–Kier alpha value is -3.95. The van der Waals surface area contributed by atoms with E-state index in [0.717, 1.165) is 0 Å². The summed E-state index contributed by atoms with van der Waals surface area (Å²) in [5.74, 6) is -0.556. The molecule has 0 radical (unpaired) electrons. The Bertz CT molecular complexity index is 1250. The van der Waals surface area contributed by atoms with Gasteiger partial charge in [-0.2, -0.15) is 0 Å². The molecule has 0 aliphatic heterocycles. The van der Waals surface area contributed by atoms with Gasteiger partial charge in [0.05, 0.1) is 12.0 Å². The maximum atomic E-state index is 13.0. The van der Waals surface area contributed by atoms with E-state index in [9.17, 15) is 18.0 Å². The Kier molecular flexibility index (Phi) is 7.04. The number of ether oxygens (including phenoxy) is 1. The van der Waals surface area contributed by atoms with Gasteiger partial charge in [0.2, 0.25) is 10.0 Å². The van der Waals surface area contributed by atoms with Crippen molar-refractivity contribution >= 4 is 33.6 Å². The van der Waals surface area contributed by atoms with E-state index in [1.807, 2.05) is 0 Å². The minimum Gasteiger partial charge on any atom is -0.496 e. The van der Waals surface area contributed by atoms with Crippen LogP contribution in [0.15, 0.2) is 89.5 Å². The Labute approximate surface area is 185 Å². The van der Waals surface area contributed by atoms with E-state index in [0.29, 0.717) is 22.6 Å². The maximum absolute atomic E-state index is 13.0. The van der Waals surface area contributed by atoms with Crippen LogP contribution in [0.5, 0.6) is 5.75 Å². The zero-order chi connectivity index (χ0) is 23.1. The summed E-state index contributed by atoms with van der Waals surface area (Å²) >= 11 is 0. The molecular formula is C23H21N3O5S. The Morgan fingerprint density at radius 1 is 0.906 bits per heavy atom. The van der Waals surface area contributed by atoms with Crippen molar-refractivity contribution in [2.24, 2.45) is 5.14 Å². The molecule has 32 heavy (non-hydrogen) atoms. The summed E-state index contributed by atoms with van der Waals surface area (Å²) in [5.41, 5.74) is 1.25. The predicted molar refractivity (Wildman–Crippen MR) is 121 cm³/mol. The minimum atomic E-state index is -3.85. The van der Waals surface area contributed by atoms with E-state index in [1.165, 1.54) is 37.5 Å². The number of carbonyl (C=O) groups excluding carboxylic acids is 2. The average molecular weight is 452 g/mol. The lowest BCUT2D eigenvalue weighted by molar-refractivity contribution is -0.113. The molecule has 0 aliphatic rings. The number of hydrogen-bond acceptors (Lipinski definition) is 5. The topological polar surface area (TPSA) is 128 Å². The standard InChI is InChI=1S/C23H21N3O5S/c1-31-21-10-6-5-9-17(21)15-20(26-22(27)16-7-3-2-4-8-16)23(28)25-18-11-13-19(14-12-18)32(24,29)30/h2-15H,1H3,(H,25,28)(H,26,27)(H2,24,29,30). The van der Waals surface area contributed by atoms with Crippen LogP contribution in [0, 0.1) is 0 Å². The Morgan fingerprint density at radius 2 is 1.53 bits per heavy atom. The zero-order valence-corrected chi connectivity index (χ0v) is 17.9. The fourth-order valence-corrected chi connectivity index (χ4v) is 3.33. The molecular weight excluding hydrogens is 430 g/mol. The lowest BCUT2D eigenvalue weighted by Crippen LogP contribution is -2.30. The number of nitrogens with one attached hydrogen (secondary N) is 2. The van der Waals surface area contributed by atoms with E-state index < -0.39 is 21.8 Å². The van der Waals surface area contributed by atoms with Gasteiger partial charge in [-0.15, -0.1) is 0 Å². The Morgan fingerprint density at radius 3 is 2.16 bits per heavy atom. The van der Waals surface area contributed by atoms with Gasteiger partial charge in [-0.25, -0.2) is 13.6 Å². The lowest BCUT2D eigenvalue weighted by Gasteiger charge is -2.12. The van der Waals surface area contributed by atoms with Crippen LogP contribution in [0.25, 0.3) is 6.08 Å². The number of para-hydroxylation sites is 1. The highest BCUT2D eigenvalue weighted by atomic mass is 32.2. The van der Waals surface area contributed by atoms with Crippen LogP contribution < -0.4 is 20.5 Å². The van der Waals surface area contributed by atoms with Gasteiger partial charge in [0.15, 0.2) is 0 Å². The van der Waals surface area contributed by atoms with Crippen molar-refractivity contribution in [3.05, 3.63) is 95.7 Å². The highest BCUT2D eigenvalue weighted by Gasteiger charge is 2.16. The van der Waals surface area contributed by atoms with Crippen molar-refractivity contribution in [2.75, 3.05) is 12.4 Å². The zero-order valence-electron chi connectivity index (χ0n) is 17.1. The van der Waals surface area contributed by atoms with Gasteiger partial charge in [0, 0.05) is 16.8 Å². The molecule has 0 atom stereocenters. The summed E-state index contributed by atoms with van der Waals surface area (Å²) in [7, 11) is -2.35. The van der Waals surface area contributed by atoms with E-state index in [4.69, 9.17) is 9.88 Å². The number of anilines is 1. The van der Waals surface area contributed by atoms with Crippen LogP contribution in [-0.4, -0.2) is 27.3 Å². The molecule has 2 amide bonds. The van der Waals surface area contributed by atoms with Crippen LogP contribution in [0.1, 0.15) is 15.9 Å². The number of sulfonamides is 1. The number of nitrogens with two attached hydrogens (primary N) is 1.